The Hall–Kier alpha value is -2.29. The first-order valence-corrected chi connectivity index (χ1v) is 9.42. The summed E-state index contributed by atoms with van der Waals surface area (Å²) in [6, 6.07) is 11.3. The van der Waals surface area contributed by atoms with Crippen LogP contribution in [0.1, 0.15) is 11.3 Å². The number of sulfonamides is 1. The Balaban J connectivity index is 1.88. The smallest absolute Gasteiger partial charge is 0.257 e. The van der Waals surface area contributed by atoms with Gasteiger partial charge in [-0.1, -0.05) is 35.5 Å². The quantitative estimate of drug-likeness (QED) is 0.688. The van der Waals surface area contributed by atoms with E-state index in [1.807, 2.05) is 30.3 Å². The summed E-state index contributed by atoms with van der Waals surface area (Å²) in [6.45, 7) is 2.59. The van der Waals surface area contributed by atoms with Crippen molar-refractivity contribution in [2.24, 2.45) is 5.73 Å². The minimum Gasteiger partial charge on any atom is -0.336 e. The number of hydrogen-bond acceptors (Lipinski definition) is 6. The lowest BCUT2D eigenvalue weighted by Gasteiger charge is -2.21. The topological polar surface area (TPSA) is 102 Å². The minimum absolute atomic E-state index is 0.118. The Morgan fingerprint density at radius 2 is 1.96 bits per heavy atom. The van der Waals surface area contributed by atoms with Crippen molar-refractivity contribution in [2.75, 3.05) is 19.6 Å². The van der Waals surface area contributed by atoms with Crippen LogP contribution in [0.4, 0.5) is 0 Å². The zero-order valence-corrected chi connectivity index (χ0v) is 14.7. The van der Waals surface area contributed by atoms with Crippen LogP contribution in [0.2, 0.25) is 0 Å². The van der Waals surface area contributed by atoms with Crippen molar-refractivity contribution >= 4 is 21.1 Å². The fourth-order valence-corrected chi connectivity index (χ4v) is 4.04. The SMILES string of the molecule is Cc1noc2ncc(S(=O)(=O)N(CCN)CCc3ccccc3)cc12. The molecule has 0 saturated heterocycles. The van der Waals surface area contributed by atoms with E-state index in [9.17, 15) is 8.42 Å². The second-order valence-corrected chi connectivity index (χ2v) is 7.66. The van der Waals surface area contributed by atoms with Gasteiger partial charge in [0.25, 0.3) is 5.71 Å². The molecular formula is C17H20N4O3S. The summed E-state index contributed by atoms with van der Waals surface area (Å²) in [7, 11) is -3.70. The molecule has 0 radical (unpaired) electrons. The molecule has 7 nitrogen and oxygen atoms in total. The summed E-state index contributed by atoms with van der Waals surface area (Å²) in [5.74, 6) is 0. The number of aromatic nitrogens is 2. The van der Waals surface area contributed by atoms with E-state index in [0.717, 1.165) is 5.56 Å². The molecule has 2 heterocycles. The van der Waals surface area contributed by atoms with E-state index >= 15 is 0 Å². The third kappa shape index (κ3) is 3.71. The molecule has 3 rings (SSSR count). The Bertz CT molecular complexity index is 954. The molecule has 0 spiro atoms. The second-order valence-electron chi connectivity index (χ2n) is 5.72. The molecule has 8 heteroatoms. The van der Waals surface area contributed by atoms with Gasteiger partial charge in [-0.2, -0.15) is 4.31 Å². The standard InChI is InChI=1S/C17H20N4O3S/c1-13-16-11-15(12-19-17(16)24-20-13)25(22,23)21(10-8-18)9-7-14-5-3-2-4-6-14/h2-6,11-12H,7-10,18H2,1H3. The van der Waals surface area contributed by atoms with Crippen LogP contribution < -0.4 is 5.73 Å². The second kappa shape index (κ2) is 7.30. The lowest BCUT2D eigenvalue weighted by atomic mass is 10.1. The van der Waals surface area contributed by atoms with Crippen LogP contribution in [0.3, 0.4) is 0 Å². The van der Waals surface area contributed by atoms with E-state index in [-0.39, 0.29) is 18.0 Å². The van der Waals surface area contributed by atoms with Crippen molar-refractivity contribution in [3.05, 3.63) is 53.9 Å². The molecule has 0 fully saturated rings. The number of benzene rings is 1. The highest BCUT2D eigenvalue weighted by atomic mass is 32.2. The molecule has 0 unspecified atom stereocenters. The van der Waals surface area contributed by atoms with Crippen molar-refractivity contribution in [1.29, 1.82) is 0 Å². The molecule has 2 aromatic heterocycles. The van der Waals surface area contributed by atoms with Gasteiger partial charge in [-0.05, 0) is 25.0 Å². The molecule has 3 aromatic rings. The maximum absolute atomic E-state index is 13.0. The van der Waals surface area contributed by atoms with E-state index < -0.39 is 10.0 Å². The third-order valence-electron chi connectivity index (χ3n) is 3.99. The van der Waals surface area contributed by atoms with Crippen molar-refractivity contribution < 1.29 is 12.9 Å². The highest BCUT2D eigenvalue weighted by Gasteiger charge is 2.25. The molecule has 0 aliphatic rings. The average molecular weight is 360 g/mol. The zero-order valence-electron chi connectivity index (χ0n) is 13.9. The van der Waals surface area contributed by atoms with Crippen LogP contribution in [0.15, 0.2) is 52.0 Å². The predicted octanol–water partition coefficient (Wildman–Crippen LogP) is 1.72. The van der Waals surface area contributed by atoms with Crippen LogP contribution in [-0.2, 0) is 16.4 Å². The van der Waals surface area contributed by atoms with Crippen molar-refractivity contribution in [2.45, 2.75) is 18.2 Å². The summed E-state index contributed by atoms with van der Waals surface area (Å²) in [5, 5.41) is 4.40. The number of nitrogens with two attached hydrogens (primary N) is 1. The predicted molar refractivity (Wildman–Crippen MR) is 94.5 cm³/mol. The lowest BCUT2D eigenvalue weighted by Crippen LogP contribution is -2.37. The highest BCUT2D eigenvalue weighted by Crippen LogP contribution is 2.22. The van der Waals surface area contributed by atoms with Crippen LogP contribution >= 0.6 is 0 Å². The monoisotopic (exact) mass is 360 g/mol. The van der Waals surface area contributed by atoms with Crippen LogP contribution in [0.25, 0.3) is 11.1 Å². The van der Waals surface area contributed by atoms with Crippen molar-refractivity contribution in [3.8, 4) is 0 Å². The van der Waals surface area contributed by atoms with Gasteiger partial charge in [0.2, 0.25) is 10.0 Å². The van der Waals surface area contributed by atoms with Gasteiger partial charge in [-0.3, -0.25) is 0 Å². The van der Waals surface area contributed by atoms with Gasteiger partial charge in [0.05, 0.1) is 17.3 Å². The van der Waals surface area contributed by atoms with E-state index in [0.29, 0.717) is 29.8 Å². The minimum atomic E-state index is -3.70. The Labute approximate surface area is 146 Å². The first kappa shape index (κ1) is 17.5. The first-order valence-electron chi connectivity index (χ1n) is 7.98. The van der Waals surface area contributed by atoms with Gasteiger partial charge < -0.3 is 10.3 Å². The lowest BCUT2D eigenvalue weighted by molar-refractivity contribution is 0.421. The average Bonchev–Trinajstić information content (AvgIpc) is 3.00. The third-order valence-corrected chi connectivity index (χ3v) is 5.86. The summed E-state index contributed by atoms with van der Waals surface area (Å²) in [4.78, 5) is 4.18. The fourth-order valence-electron chi connectivity index (χ4n) is 2.61. The Morgan fingerprint density at radius 3 is 2.68 bits per heavy atom. The maximum atomic E-state index is 13.0. The molecule has 0 bridgehead atoms. The van der Waals surface area contributed by atoms with Crippen LogP contribution in [0, 0.1) is 6.92 Å². The number of nitrogens with zero attached hydrogens (tertiary/aromatic N) is 3. The summed E-state index contributed by atoms with van der Waals surface area (Å²) in [5.41, 5.74) is 7.63. The van der Waals surface area contributed by atoms with Gasteiger partial charge in [-0.25, -0.2) is 13.4 Å². The number of fused-ring (bicyclic) bond motifs is 1. The van der Waals surface area contributed by atoms with Gasteiger partial charge in [-0.15, -0.1) is 0 Å². The number of rotatable bonds is 7. The zero-order chi connectivity index (χ0) is 17.9. The number of pyridine rings is 1. The molecule has 1 aromatic carbocycles. The van der Waals surface area contributed by atoms with Gasteiger partial charge in [0, 0.05) is 19.6 Å². The Kier molecular flexibility index (Phi) is 5.12. The van der Waals surface area contributed by atoms with E-state index in [1.54, 1.807) is 13.0 Å². The van der Waals surface area contributed by atoms with Crippen molar-refractivity contribution in [1.82, 2.24) is 14.4 Å². The van der Waals surface area contributed by atoms with Crippen molar-refractivity contribution in [3.63, 3.8) is 0 Å². The first-order chi connectivity index (χ1) is 12.0. The molecule has 0 aliphatic heterocycles. The van der Waals surface area contributed by atoms with E-state index in [1.165, 1.54) is 10.5 Å². The molecule has 0 atom stereocenters. The fraction of sp³-hybridized carbons (Fsp3) is 0.294. The maximum Gasteiger partial charge on any atom is 0.257 e. The molecule has 2 N–H and O–H groups in total. The van der Waals surface area contributed by atoms with E-state index in [4.69, 9.17) is 10.3 Å². The molecule has 132 valence electrons. The molecule has 25 heavy (non-hydrogen) atoms. The van der Waals surface area contributed by atoms with Gasteiger partial charge in [0.1, 0.15) is 4.90 Å². The molecule has 0 aliphatic carbocycles. The van der Waals surface area contributed by atoms with E-state index in [2.05, 4.69) is 10.1 Å². The summed E-state index contributed by atoms with van der Waals surface area (Å²) in [6.07, 6.45) is 1.91. The largest absolute Gasteiger partial charge is 0.336 e. The summed E-state index contributed by atoms with van der Waals surface area (Å²) < 4.78 is 32.4. The van der Waals surface area contributed by atoms with Crippen LogP contribution in [-0.4, -0.2) is 42.5 Å². The molecular weight excluding hydrogens is 340 g/mol. The normalized spacial score (nSPS) is 12.1. The highest BCUT2D eigenvalue weighted by molar-refractivity contribution is 7.89. The summed E-state index contributed by atoms with van der Waals surface area (Å²) >= 11 is 0. The Morgan fingerprint density at radius 1 is 1.20 bits per heavy atom. The van der Waals surface area contributed by atoms with Crippen LogP contribution in [0.5, 0.6) is 0 Å². The van der Waals surface area contributed by atoms with Gasteiger partial charge >= 0.3 is 0 Å². The number of aryl methyl sites for hydroxylation is 1. The molecule has 0 saturated carbocycles. The number of hydrogen-bond donors (Lipinski definition) is 1. The molecule has 0 amide bonds. The van der Waals surface area contributed by atoms with Gasteiger partial charge in [0.15, 0.2) is 0 Å².